The maximum atomic E-state index is 5.65. The van der Waals surface area contributed by atoms with Gasteiger partial charge in [-0.2, -0.15) is 0 Å². The van der Waals surface area contributed by atoms with E-state index < -0.39 is 0 Å². The van der Waals surface area contributed by atoms with Crippen molar-refractivity contribution in [2.75, 3.05) is 12.8 Å². The number of aromatic nitrogens is 2. The third kappa shape index (κ3) is 1.93. The first-order chi connectivity index (χ1) is 7.22. The van der Waals surface area contributed by atoms with E-state index in [0.29, 0.717) is 12.5 Å². The molecule has 0 radical (unpaired) electrons. The highest BCUT2D eigenvalue weighted by molar-refractivity contribution is 9.10. The van der Waals surface area contributed by atoms with Gasteiger partial charge in [-0.05, 0) is 29.0 Å². The predicted octanol–water partition coefficient (Wildman–Crippen LogP) is 1.69. The SMILES string of the molecule is CNCc1nc(N)nc2c(Br)cccc12. The van der Waals surface area contributed by atoms with Crippen LogP contribution in [0.25, 0.3) is 10.9 Å². The number of hydrogen-bond donors (Lipinski definition) is 2. The minimum atomic E-state index is 0.305. The van der Waals surface area contributed by atoms with Gasteiger partial charge in [-0.1, -0.05) is 12.1 Å². The summed E-state index contributed by atoms with van der Waals surface area (Å²) in [6.07, 6.45) is 0. The highest BCUT2D eigenvalue weighted by Gasteiger charge is 2.07. The van der Waals surface area contributed by atoms with Crippen molar-refractivity contribution in [2.45, 2.75) is 6.54 Å². The van der Waals surface area contributed by atoms with Gasteiger partial charge in [0.15, 0.2) is 0 Å². The largest absolute Gasteiger partial charge is 0.368 e. The Morgan fingerprint density at radius 3 is 2.93 bits per heavy atom. The average Bonchev–Trinajstić information content (AvgIpc) is 2.20. The number of hydrogen-bond acceptors (Lipinski definition) is 4. The molecule has 0 bridgehead atoms. The Balaban J connectivity index is 2.74. The van der Waals surface area contributed by atoms with E-state index in [4.69, 9.17) is 5.73 Å². The van der Waals surface area contributed by atoms with Crippen molar-refractivity contribution in [1.82, 2.24) is 15.3 Å². The van der Waals surface area contributed by atoms with Crippen LogP contribution >= 0.6 is 15.9 Å². The van der Waals surface area contributed by atoms with Crippen LogP contribution in [0.5, 0.6) is 0 Å². The van der Waals surface area contributed by atoms with Crippen LogP contribution in [-0.4, -0.2) is 17.0 Å². The van der Waals surface area contributed by atoms with Crippen LogP contribution in [0.2, 0.25) is 0 Å². The molecule has 0 saturated heterocycles. The number of nitrogens with one attached hydrogen (secondary N) is 1. The molecule has 1 heterocycles. The van der Waals surface area contributed by atoms with Crippen molar-refractivity contribution >= 4 is 32.8 Å². The molecule has 0 atom stereocenters. The summed E-state index contributed by atoms with van der Waals surface area (Å²) in [5.41, 5.74) is 7.43. The lowest BCUT2D eigenvalue weighted by molar-refractivity contribution is 0.797. The Bertz CT molecular complexity index is 498. The van der Waals surface area contributed by atoms with E-state index in [1.165, 1.54) is 0 Å². The third-order valence-corrected chi connectivity index (χ3v) is 2.76. The van der Waals surface area contributed by atoms with Gasteiger partial charge in [0.25, 0.3) is 0 Å². The maximum Gasteiger partial charge on any atom is 0.220 e. The van der Waals surface area contributed by atoms with Gasteiger partial charge in [0.05, 0.1) is 11.2 Å². The maximum absolute atomic E-state index is 5.65. The highest BCUT2D eigenvalue weighted by Crippen LogP contribution is 2.24. The molecule has 1 aromatic carbocycles. The highest BCUT2D eigenvalue weighted by atomic mass is 79.9. The lowest BCUT2D eigenvalue weighted by atomic mass is 10.2. The minimum absolute atomic E-state index is 0.305. The van der Waals surface area contributed by atoms with E-state index in [1.807, 2.05) is 25.2 Å². The number of para-hydroxylation sites is 1. The average molecular weight is 267 g/mol. The van der Waals surface area contributed by atoms with Gasteiger partial charge < -0.3 is 11.1 Å². The summed E-state index contributed by atoms with van der Waals surface area (Å²) in [6.45, 7) is 0.680. The van der Waals surface area contributed by atoms with Gasteiger partial charge in [-0.15, -0.1) is 0 Å². The van der Waals surface area contributed by atoms with Gasteiger partial charge in [0.2, 0.25) is 5.95 Å². The number of fused-ring (bicyclic) bond motifs is 1. The summed E-state index contributed by atoms with van der Waals surface area (Å²) >= 11 is 3.45. The number of benzene rings is 1. The van der Waals surface area contributed by atoms with Gasteiger partial charge in [-0.25, -0.2) is 9.97 Å². The third-order valence-electron chi connectivity index (χ3n) is 2.12. The monoisotopic (exact) mass is 266 g/mol. The topological polar surface area (TPSA) is 63.8 Å². The molecule has 4 nitrogen and oxygen atoms in total. The number of rotatable bonds is 2. The van der Waals surface area contributed by atoms with Crippen molar-refractivity contribution in [3.8, 4) is 0 Å². The van der Waals surface area contributed by atoms with Crippen molar-refractivity contribution in [3.05, 3.63) is 28.4 Å². The number of anilines is 1. The first-order valence-corrected chi connectivity index (χ1v) is 5.37. The Morgan fingerprint density at radius 1 is 1.40 bits per heavy atom. The van der Waals surface area contributed by atoms with E-state index in [1.54, 1.807) is 0 Å². The van der Waals surface area contributed by atoms with Gasteiger partial charge >= 0.3 is 0 Å². The smallest absolute Gasteiger partial charge is 0.220 e. The van der Waals surface area contributed by atoms with E-state index in [2.05, 4.69) is 31.2 Å². The second-order valence-electron chi connectivity index (χ2n) is 3.19. The Hall–Kier alpha value is -1.20. The van der Waals surface area contributed by atoms with Crippen molar-refractivity contribution < 1.29 is 0 Å². The summed E-state index contributed by atoms with van der Waals surface area (Å²) in [5, 5.41) is 4.08. The normalized spacial score (nSPS) is 10.8. The molecule has 0 fully saturated rings. The molecule has 0 unspecified atom stereocenters. The van der Waals surface area contributed by atoms with Gasteiger partial charge in [0.1, 0.15) is 0 Å². The summed E-state index contributed by atoms with van der Waals surface area (Å²) < 4.78 is 0.937. The molecule has 1 aromatic heterocycles. The Morgan fingerprint density at radius 2 is 2.20 bits per heavy atom. The Labute approximate surface area is 96.0 Å². The standard InChI is InChI=1S/C10H11BrN4/c1-13-5-8-6-3-2-4-7(11)9(6)15-10(12)14-8/h2-4,13H,5H2,1H3,(H2,12,14,15). The van der Waals surface area contributed by atoms with E-state index in [0.717, 1.165) is 21.1 Å². The summed E-state index contributed by atoms with van der Waals surface area (Å²) in [5.74, 6) is 0.305. The van der Waals surface area contributed by atoms with Crippen LogP contribution in [0, 0.1) is 0 Å². The molecule has 0 aliphatic heterocycles. The van der Waals surface area contributed by atoms with Crippen molar-refractivity contribution in [1.29, 1.82) is 0 Å². The molecule has 15 heavy (non-hydrogen) atoms. The van der Waals surface area contributed by atoms with Crippen molar-refractivity contribution in [2.24, 2.45) is 0 Å². The second kappa shape index (κ2) is 4.12. The second-order valence-corrected chi connectivity index (χ2v) is 4.05. The van der Waals surface area contributed by atoms with E-state index in [9.17, 15) is 0 Å². The summed E-state index contributed by atoms with van der Waals surface area (Å²) in [6, 6.07) is 5.90. The van der Waals surface area contributed by atoms with Crippen LogP contribution in [0.3, 0.4) is 0 Å². The molecule has 78 valence electrons. The number of nitrogens with two attached hydrogens (primary N) is 1. The van der Waals surface area contributed by atoms with Gasteiger partial charge in [0, 0.05) is 16.4 Å². The first kappa shape index (κ1) is 10.3. The number of halogens is 1. The quantitative estimate of drug-likeness (QED) is 0.869. The lowest BCUT2D eigenvalue weighted by Gasteiger charge is -2.06. The molecular weight excluding hydrogens is 256 g/mol. The molecule has 0 aliphatic rings. The fourth-order valence-corrected chi connectivity index (χ4v) is 1.96. The summed E-state index contributed by atoms with van der Waals surface area (Å²) in [4.78, 5) is 8.43. The molecular formula is C10H11BrN4. The van der Waals surface area contributed by atoms with Crippen LogP contribution in [0.4, 0.5) is 5.95 Å². The fraction of sp³-hybridized carbons (Fsp3) is 0.200. The fourth-order valence-electron chi connectivity index (χ4n) is 1.50. The number of nitrogen functional groups attached to an aromatic ring is 1. The molecule has 2 aromatic rings. The number of nitrogens with zero attached hydrogens (tertiary/aromatic N) is 2. The molecule has 3 N–H and O–H groups in total. The van der Waals surface area contributed by atoms with E-state index >= 15 is 0 Å². The molecule has 0 saturated carbocycles. The lowest BCUT2D eigenvalue weighted by Crippen LogP contribution is -2.09. The zero-order valence-electron chi connectivity index (χ0n) is 8.29. The van der Waals surface area contributed by atoms with Crippen LogP contribution < -0.4 is 11.1 Å². The minimum Gasteiger partial charge on any atom is -0.368 e. The molecule has 5 heteroatoms. The first-order valence-electron chi connectivity index (χ1n) is 4.57. The van der Waals surface area contributed by atoms with Crippen molar-refractivity contribution in [3.63, 3.8) is 0 Å². The molecule has 0 aliphatic carbocycles. The zero-order chi connectivity index (χ0) is 10.8. The molecule has 0 amide bonds. The van der Waals surface area contributed by atoms with Crippen LogP contribution in [-0.2, 0) is 6.54 Å². The molecule has 2 rings (SSSR count). The Kier molecular flexibility index (Phi) is 2.83. The van der Waals surface area contributed by atoms with Crippen LogP contribution in [0.15, 0.2) is 22.7 Å². The van der Waals surface area contributed by atoms with Gasteiger partial charge in [-0.3, -0.25) is 0 Å². The predicted molar refractivity (Wildman–Crippen MR) is 64.4 cm³/mol. The van der Waals surface area contributed by atoms with E-state index in [-0.39, 0.29) is 0 Å². The molecule has 0 spiro atoms. The zero-order valence-corrected chi connectivity index (χ0v) is 9.87. The summed E-state index contributed by atoms with van der Waals surface area (Å²) in [7, 11) is 1.88. The van der Waals surface area contributed by atoms with Crippen LogP contribution in [0.1, 0.15) is 5.69 Å².